The van der Waals surface area contributed by atoms with Gasteiger partial charge in [0.15, 0.2) is 0 Å². The lowest BCUT2D eigenvalue weighted by molar-refractivity contribution is -0.168. The Morgan fingerprint density at radius 3 is 2.31 bits per heavy atom. The van der Waals surface area contributed by atoms with Crippen LogP contribution in [0.25, 0.3) is 0 Å². The topological polar surface area (TPSA) is 141 Å². The third kappa shape index (κ3) is 3.73. The van der Waals surface area contributed by atoms with Crippen molar-refractivity contribution in [3.63, 3.8) is 0 Å². The minimum atomic E-state index is -6.01. The number of esters is 1. The lowest BCUT2D eigenvalue weighted by Gasteiger charge is -2.46. The summed E-state index contributed by atoms with van der Waals surface area (Å²) >= 11 is 0. The van der Waals surface area contributed by atoms with Gasteiger partial charge in [0.25, 0.3) is 6.29 Å². The van der Waals surface area contributed by atoms with E-state index in [0.717, 1.165) is 31.2 Å². The van der Waals surface area contributed by atoms with E-state index < -0.39 is 44.8 Å². The molecule has 2 saturated carbocycles. The summed E-state index contributed by atoms with van der Waals surface area (Å²) in [6.45, 7) is 0. The average Bonchev–Trinajstić information content (AvgIpc) is 3.32. The van der Waals surface area contributed by atoms with Crippen LogP contribution in [0.3, 0.4) is 0 Å². The van der Waals surface area contributed by atoms with Crippen LogP contribution in [-0.4, -0.2) is 57.0 Å². The normalized spacial score (nSPS) is 30.4. The number of alkyl halides is 2. The van der Waals surface area contributed by atoms with Crippen molar-refractivity contribution in [2.45, 2.75) is 85.9 Å². The van der Waals surface area contributed by atoms with E-state index in [1.807, 2.05) is 0 Å². The van der Waals surface area contributed by atoms with Crippen LogP contribution < -0.4 is 0 Å². The number of fused-ring (bicyclic) bond motifs is 3. The number of hydrogen-bond donors (Lipinski definition) is 4. The molecule has 0 spiro atoms. The summed E-state index contributed by atoms with van der Waals surface area (Å²) in [6, 6.07) is 4.28. The molecule has 3 aliphatic carbocycles. The van der Waals surface area contributed by atoms with E-state index in [0.29, 0.717) is 31.2 Å². The highest BCUT2D eigenvalue weighted by molar-refractivity contribution is 7.86. The van der Waals surface area contributed by atoms with Gasteiger partial charge in [0.1, 0.15) is 0 Å². The summed E-state index contributed by atoms with van der Waals surface area (Å²) in [4.78, 5) is 12.4. The monoisotopic (exact) mass is 476 g/mol. The number of aliphatic hydroxyl groups is 3. The van der Waals surface area contributed by atoms with Crippen molar-refractivity contribution in [2.75, 3.05) is 0 Å². The van der Waals surface area contributed by atoms with Crippen LogP contribution >= 0.6 is 0 Å². The molecule has 32 heavy (non-hydrogen) atoms. The Morgan fingerprint density at radius 1 is 1.06 bits per heavy atom. The lowest BCUT2D eigenvalue weighted by atomic mass is 9.63. The Kier molecular flexibility index (Phi) is 5.65. The molecule has 11 heteroatoms. The summed E-state index contributed by atoms with van der Waals surface area (Å²) in [6.07, 6.45) is 1.76. The highest BCUT2D eigenvalue weighted by atomic mass is 32.2. The van der Waals surface area contributed by atoms with Crippen LogP contribution in [0.1, 0.15) is 84.7 Å². The van der Waals surface area contributed by atoms with Crippen molar-refractivity contribution in [1.82, 2.24) is 0 Å². The van der Waals surface area contributed by atoms with Crippen LogP contribution in [0.5, 0.6) is 0 Å². The molecule has 0 bridgehead atoms. The molecular formula is C21H26F2O8S. The van der Waals surface area contributed by atoms with Crippen LogP contribution in [0.4, 0.5) is 8.78 Å². The zero-order valence-electron chi connectivity index (χ0n) is 17.2. The highest BCUT2D eigenvalue weighted by Gasteiger charge is 2.55. The van der Waals surface area contributed by atoms with E-state index in [9.17, 15) is 37.3 Å². The first-order chi connectivity index (χ1) is 14.8. The van der Waals surface area contributed by atoms with E-state index in [1.165, 1.54) is 12.1 Å². The van der Waals surface area contributed by atoms with Crippen LogP contribution in [0, 0.1) is 0 Å². The third-order valence-electron chi connectivity index (χ3n) is 7.35. The van der Waals surface area contributed by atoms with Gasteiger partial charge in [-0.2, -0.15) is 17.2 Å². The molecule has 0 radical (unpaired) electrons. The second-order valence-corrected chi connectivity index (χ2v) is 10.7. The first kappa shape index (κ1) is 23.5. The maximum atomic E-state index is 13.6. The molecule has 0 amide bonds. The number of carbonyl (C=O) groups is 1. The third-order valence-corrected chi connectivity index (χ3v) is 8.24. The van der Waals surface area contributed by atoms with Gasteiger partial charge in [0, 0.05) is 11.8 Å². The Bertz CT molecular complexity index is 1020. The van der Waals surface area contributed by atoms with Crippen LogP contribution in [0.2, 0.25) is 0 Å². The van der Waals surface area contributed by atoms with E-state index in [1.54, 1.807) is 6.07 Å². The second kappa shape index (κ2) is 7.69. The van der Waals surface area contributed by atoms with E-state index in [-0.39, 0.29) is 11.5 Å². The van der Waals surface area contributed by atoms with Gasteiger partial charge in [-0.25, -0.2) is 4.79 Å². The van der Waals surface area contributed by atoms with Gasteiger partial charge in [-0.1, -0.05) is 18.9 Å². The van der Waals surface area contributed by atoms with Gasteiger partial charge in [-0.15, -0.1) is 0 Å². The molecule has 0 aromatic heterocycles. The fourth-order valence-corrected chi connectivity index (χ4v) is 6.01. The van der Waals surface area contributed by atoms with E-state index >= 15 is 0 Å². The van der Waals surface area contributed by atoms with Crippen molar-refractivity contribution >= 4 is 16.1 Å². The molecule has 4 unspecified atom stereocenters. The highest BCUT2D eigenvalue weighted by Crippen LogP contribution is 2.58. The van der Waals surface area contributed by atoms with Gasteiger partial charge in [0.2, 0.25) is 0 Å². The number of hydrogen-bond acceptors (Lipinski definition) is 7. The molecule has 3 aliphatic rings. The molecule has 1 aromatic rings. The molecule has 0 saturated heterocycles. The Balaban J connectivity index is 1.68. The Morgan fingerprint density at radius 2 is 1.69 bits per heavy atom. The maximum absolute atomic E-state index is 13.6. The first-order valence-electron chi connectivity index (χ1n) is 10.6. The number of benzene rings is 1. The van der Waals surface area contributed by atoms with Crippen molar-refractivity contribution in [2.24, 2.45) is 0 Å². The fourth-order valence-electron chi connectivity index (χ4n) is 5.71. The average molecular weight is 476 g/mol. The molecule has 4 rings (SSSR count). The predicted molar refractivity (Wildman–Crippen MR) is 107 cm³/mol. The quantitative estimate of drug-likeness (QED) is 0.288. The molecule has 8 nitrogen and oxygen atoms in total. The zero-order valence-corrected chi connectivity index (χ0v) is 18.0. The first-order valence-corrected chi connectivity index (χ1v) is 12.0. The van der Waals surface area contributed by atoms with E-state index in [4.69, 9.17) is 4.55 Å². The summed E-state index contributed by atoms with van der Waals surface area (Å²) in [5.74, 6) is -2.07. The van der Waals surface area contributed by atoms with Crippen molar-refractivity contribution in [1.29, 1.82) is 0 Å². The van der Waals surface area contributed by atoms with Crippen LogP contribution in [0.15, 0.2) is 18.2 Å². The Labute approximate surface area is 184 Å². The summed E-state index contributed by atoms with van der Waals surface area (Å²) in [5.41, 5.74) is -0.855. The summed E-state index contributed by atoms with van der Waals surface area (Å²) < 4.78 is 61.4. The molecule has 4 atom stereocenters. The van der Waals surface area contributed by atoms with Gasteiger partial charge in [0.05, 0.1) is 16.8 Å². The molecule has 1 aromatic carbocycles. The minimum Gasteiger partial charge on any atom is -0.424 e. The number of ether oxygens (including phenoxy) is 1. The van der Waals surface area contributed by atoms with Gasteiger partial charge >= 0.3 is 21.3 Å². The molecular weight excluding hydrogens is 450 g/mol. The Hall–Kier alpha value is -1.66. The largest absolute Gasteiger partial charge is 0.430 e. The SMILES string of the molecule is O=C(OC(O)C(F)(F)S(=O)(=O)O)c1ccc2c(c1)C(C1(O)CCCC1)CC1(O)CCCC21. The predicted octanol–water partition coefficient (Wildman–Crippen LogP) is 2.43. The number of halogens is 2. The van der Waals surface area contributed by atoms with E-state index in [2.05, 4.69) is 4.74 Å². The molecule has 4 N–H and O–H groups in total. The number of carbonyl (C=O) groups excluding carboxylic acids is 1. The molecule has 0 aliphatic heterocycles. The lowest BCUT2D eigenvalue weighted by Crippen LogP contribution is -2.45. The van der Waals surface area contributed by atoms with Crippen molar-refractivity contribution in [3.05, 3.63) is 34.9 Å². The van der Waals surface area contributed by atoms with Crippen LogP contribution in [-0.2, 0) is 14.9 Å². The molecule has 178 valence electrons. The van der Waals surface area contributed by atoms with Gasteiger partial charge < -0.3 is 20.1 Å². The maximum Gasteiger partial charge on any atom is 0.430 e. The number of aliphatic hydroxyl groups excluding tert-OH is 1. The fraction of sp³-hybridized carbons (Fsp3) is 0.667. The standard InChI is InChI=1S/C21H26F2O8S/c22-21(23,32(28,29)30)18(25)31-17(24)12-5-6-13-14(10-12)16(19(26)7-1-2-8-19)11-20(27)9-3-4-15(13)20/h5-6,10,15-16,18,25-27H,1-4,7-9,11H2,(H,28,29,30). The zero-order chi connectivity index (χ0) is 23.5. The summed E-state index contributed by atoms with van der Waals surface area (Å²) in [5, 5.41) is 26.9. The van der Waals surface area contributed by atoms with Crippen molar-refractivity contribution in [3.8, 4) is 0 Å². The molecule has 0 heterocycles. The number of rotatable bonds is 5. The van der Waals surface area contributed by atoms with Crippen molar-refractivity contribution < 1.29 is 46.6 Å². The summed E-state index contributed by atoms with van der Waals surface area (Å²) in [7, 11) is -6.01. The second-order valence-electron chi connectivity index (χ2n) is 9.25. The van der Waals surface area contributed by atoms with Gasteiger partial charge in [-0.3, -0.25) is 4.55 Å². The molecule has 2 fully saturated rings. The minimum absolute atomic E-state index is 0.182. The van der Waals surface area contributed by atoms with Gasteiger partial charge in [-0.05, 0) is 61.8 Å². The smallest absolute Gasteiger partial charge is 0.424 e.